The molecule has 0 saturated carbocycles. The highest BCUT2D eigenvalue weighted by molar-refractivity contribution is 9.10. The molecule has 0 fully saturated rings. The van der Waals surface area contributed by atoms with E-state index in [-0.39, 0.29) is 11.5 Å². The van der Waals surface area contributed by atoms with Crippen molar-refractivity contribution in [3.63, 3.8) is 0 Å². The summed E-state index contributed by atoms with van der Waals surface area (Å²) >= 11 is 3.41. The molecule has 0 aliphatic carbocycles. The van der Waals surface area contributed by atoms with E-state index < -0.39 is 0 Å². The molecule has 2 nitrogen and oxygen atoms in total. The van der Waals surface area contributed by atoms with Gasteiger partial charge in [0, 0.05) is 10.0 Å². The van der Waals surface area contributed by atoms with Crippen molar-refractivity contribution < 1.29 is 9.90 Å². The predicted molar refractivity (Wildman–Crippen MR) is 95.9 cm³/mol. The number of hydrogen-bond donors (Lipinski definition) is 1. The van der Waals surface area contributed by atoms with Gasteiger partial charge >= 0.3 is 0 Å². The van der Waals surface area contributed by atoms with E-state index in [2.05, 4.69) is 15.9 Å². The van der Waals surface area contributed by atoms with Gasteiger partial charge in [-0.15, -0.1) is 0 Å². The predicted octanol–water partition coefficient (Wildman–Crippen LogP) is 5.36. The van der Waals surface area contributed by atoms with Crippen molar-refractivity contribution in [2.75, 3.05) is 0 Å². The fourth-order valence-electron chi connectivity index (χ4n) is 2.63. The topological polar surface area (TPSA) is 37.3 Å². The average Bonchev–Trinajstić information content (AvgIpc) is 2.55. The fourth-order valence-corrected chi connectivity index (χ4v) is 3.10. The van der Waals surface area contributed by atoms with Crippen LogP contribution >= 0.6 is 15.9 Å². The summed E-state index contributed by atoms with van der Waals surface area (Å²) in [5, 5.41) is 10.4. The number of phenolic OH excluding ortho intramolecular Hbond substituents is 1. The van der Waals surface area contributed by atoms with Gasteiger partial charge < -0.3 is 5.11 Å². The molecule has 0 aromatic heterocycles. The van der Waals surface area contributed by atoms with Gasteiger partial charge in [-0.2, -0.15) is 0 Å². The number of aromatic hydroxyl groups is 1. The highest BCUT2D eigenvalue weighted by Gasteiger charge is 2.21. The summed E-state index contributed by atoms with van der Waals surface area (Å²) in [6.07, 6.45) is 0. The molecule has 0 atom stereocenters. The number of rotatable bonds is 3. The highest BCUT2D eigenvalue weighted by Crippen LogP contribution is 2.34. The van der Waals surface area contributed by atoms with Gasteiger partial charge in [-0.1, -0.05) is 64.5 Å². The van der Waals surface area contributed by atoms with Crippen molar-refractivity contribution in [1.29, 1.82) is 0 Å². The van der Waals surface area contributed by atoms with Gasteiger partial charge in [0.05, 0.1) is 5.56 Å². The van der Waals surface area contributed by atoms with E-state index in [1.807, 2.05) is 61.5 Å². The molecule has 0 bridgehead atoms. The first kappa shape index (κ1) is 15.5. The van der Waals surface area contributed by atoms with Crippen LogP contribution in [-0.2, 0) is 0 Å². The normalized spacial score (nSPS) is 10.5. The second-order valence-electron chi connectivity index (χ2n) is 5.38. The lowest BCUT2D eigenvalue weighted by molar-refractivity contribution is 0.103. The van der Waals surface area contributed by atoms with E-state index in [1.54, 1.807) is 12.1 Å². The fraction of sp³-hybridized carbons (Fsp3) is 0.0500. The number of benzene rings is 3. The molecular formula is C20H15BrO2. The van der Waals surface area contributed by atoms with E-state index in [0.29, 0.717) is 15.6 Å². The molecule has 3 rings (SSSR count). The first-order chi connectivity index (χ1) is 11.1. The SMILES string of the molecule is Cc1cc(O)c(C(=O)c2ccccc2Br)c(-c2ccccc2)c1. The van der Waals surface area contributed by atoms with E-state index in [1.165, 1.54) is 0 Å². The van der Waals surface area contributed by atoms with Gasteiger partial charge in [0.25, 0.3) is 0 Å². The summed E-state index contributed by atoms with van der Waals surface area (Å²) in [7, 11) is 0. The van der Waals surface area contributed by atoms with Crippen LogP contribution in [0.1, 0.15) is 21.5 Å². The second kappa shape index (κ2) is 6.39. The van der Waals surface area contributed by atoms with Crippen molar-refractivity contribution in [2.45, 2.75) is 6.92 Å². The monoisotopic (exact) mass is 366 g/mol. The highest BCUT2D eigenvalue weighted by atomic mass is 79.9. The van der Waals surface area contributed by atoms with Crippen LogP contribution in [-0.4, -0.2) is 10.9 Å². The Morgan fingerprint density at radius 2 is 1.61 bits per heavy atom. The Bertz CT molecular complexity index is 870. The Morgan fingerprint density at radius 1 is 0.957 bits per heavy atom. The smallest absolute Gasteiger partial charge is 0.198 e. The zero-order valence-corrected chi connectivity index (χ0v) is 14.2. The van der Waals surface area contributed by atoms with Crippen LogP contribution in [0.25, 0.3) is 11.1 Å². The standard InChI is InChI=1S/C20H15BrO2/c1-13-11-16(14-7-3-2-4-8-14)19(18(22)12-13)20(23)15-9-5-6-10-17(15)21/h2-12,22H,1H3. The minimum Gasteiger partial charge on any atom is -0.507 e. The number of carbonyl (C=O) groups excluding carboxylic acids is 1. The third kappa shape index (κ3) is 3.06. The van der Waals surface area contributed by atoms with Gasteiger partial charge in [0.2, 0.25) is 0 Å². The Balaban J connectivity index is 2.23. The maximum absolute atomic E-state index is 13.0. The van der Waals surface area contributed by atoms with Gasteiger partial charge in [-0.25, -0.2) is 0 Å². The molecule has 114 valence electrons. The molecule has 0 unspecified atom stereocenters. The number of aryl methyl sites for hydroxylation is 1. The van der Waals surface area contributed by atoms with Crippen molar-refractivity contribution in [2.24, 2.45) is 0 Å². The van der Waals surface area contributed by atoms with Gasteiger partial charge in [0.1, 0.15) is 5.75 Å². The van der Waals surface area contributed by atoms with Crippen molar-refractivity contribution in [1.82, 2.24) is 0 Å². The minimum atomic E-state index is -0.200. The van der Waals surface area contributed by atoms with Crippen LogP contribution in [0.5, 0.6) is 5.75 Å². The lowest BCUT2D eigenvalue weighted by atomic mass is 9.91. The molecule has 3 aromatic carbocycles. The number of carbonyl (C=O) groups is 1. The van der Waals surface area contributed by atoms with Crippen molar-refractivity contribution in [3.8, 4) is 16.9 Å². The Hall–Kier alpha value is -2.39. The van der Waals surface area contributed by atoms with Gasteiger partial charge in [-0.3, -0.25) is 4.79 Å². The summed E-state index contributed by atoms with van der Waals surface area (Å²) in [5.41, 5.74) is 3.41. The summed E-state index contributed by atoms with van der Waals surface area (Å²) in [5.74, 6) is -0.196. The molecular weight excluding hydrogens is 352 g/mol. The van der Waals surface area contributed by atoms with Gasteiger partial charge in [0.15, 0.2) is 5.78 Å². The molecule has 0 spiro atoms. The summed E-state index contributed by atoms with van der Waals surface area (Å²) in [6, 6.07) is 20.4. The molecule has 0 amide bonds. The third-order valence-corrected chi connectivity index (χ3v) is 4.38. The molecule has 23 heavy (non-hydrogen) atoms. The third-order valence-electron chi connectivity index (χ3n) is 3.69. The van der Waals surface area contributed by atoms with E-state index in [4.69, 9.17) is 0 Å². The van der Waals surface area contributed by atoms with Crippen LogP contribution in [0, 0.1) is 6.92 Å². The maximum atomic E-state index is 13.0. The molecule has 0 radical (unpaired) electrons. The Labute approximate surface area is 143 Å². The molecule has 0 saturated heterocycles. The summed E-state index contributed by atoms with van der Waals surface area (Å²) in [6.45, 7) is 1.90. The lowest BCUT2D eigenvalue weighted by Gasteiger charge is -2.13. The van der Waals surface area contributed by atoms with Crippen LogP contribution in [0.4, 0.5) is 0 Å². The van der Waals surface area contributed by atoms with Crippen LogP contribution in [0.15, 0.2) is 71.2 Å². The van der Waals surface area contributed by atoms with Crippen LogP contribution in [0.2, 0.25) is 0 Å². The van der Waals surface area contributed by atoms with E-state index >= 15 is 0 Å². The van der Waals surface area contributed by atoms with Gasteiger partial charge in [-0.05, 0) is 41.8 Å². The number of phenols is 1. The molecule has 3 aromatic rings. The summed E-state index contributed by atoms with van der Waals surface area (Å²) in [4.78, 5) is 13.0. The van der Waals surface area contributed by atoms with Crippen LogP contribution < -0.4 is 0 Å². The quantitative estimate of drug-likeness (QED) is 0.633. The van der Waals surface area contributed by atoms with Crippen molar-refractivity contribution in [3.05, 3.63) is 87.9 Å². The van der Waals surface area contributed by atoms with Crippen LogP contribution in [0.3, 0.4) is 0 Å². The van der Waals surface area contributed by atoms with Crippen molar-refractivity contribution >= 4 is 21.7 Å². The summed E-state index contributed by atoms with van der Waals surface area (Å²) < 4.78 is 0.712. The number of ketones is 1. The minimum absolute atomic E-state index is 0.00426. The largest absolute Gasteiger partial charge is 0.507 e. The molecule has 0 aliphatic rings. The zero-order chi connectivity index (χ0) is 16.4. The molecule has 3 heteroatoms. The second-order valence-corrected chi connectivity index (χ2v) is 6.24. The molecule has 1 N–H and O–H groups in total. The number of halogens is 1. The zero-order valence-electron chi connectivity index (χ0n) is 12.6. The lowest BCUT2D eigenvalue weighted by Crippen LogP contribution is -2.05. The van der Waals surface area contributed by atoms with E-state index in [9.17, 15) is 9.90 Å². The molecule has 0 heterocycles. The number of hydrogen-bond acceptors (Lipinski definition) is 2. The molecule has 0 aliphatic heterocycles. The Kier molecular flexibility index (Phi) is 4.30. The Morgan fingerprint density at radius 3 is 2.30 bits per heavy atom. The maximum Gasteiger partial charge on any atom is 0.198 e. The first-order valence-electron chi connectivity index (χ1n) is 7.26. The average molecular weight is 367 g/mol. The first-order valence-corrected chi connectivity index (χ1v) is 8.05. The van der Waals surface area contributed by atoms with E-state index in [0.717, 1.165) is 16.7 Å².